The smallest absolute Gasteiger partial charge is 0.410 e. The molecule has 2 saturated heterocycles. The maximum absolute atomic E-state index is 12.4. The molecule has 28 heavy (non-hydrogen) atoms. The molecule has 2 unspecified atom stereocenters. The summed E-state index contributed by atoms with van der Waals surface area (Å²) in [5.74, 6) is -1.98. The minimum Gasteiger partial charge on any atom is -0.455 e. The molecule has 2 aliphatic heterocycles. The van der Waals surface area contributed by atoms with Crippen molar-refractivity contribution in [3.8, 4) is 0 Å². The van der Waals surface area contributed by atoms with Crippen molar-refractivity contribution in [1.29, 1.82) is 0 Å². The number of likely N-dealkylation sites (tertiary alicyclic amines) is 2. The summed E-state index contributed by atoms with van der Waals surface area (Å²) >= 11 is 0. The first-order valence-corrected chi connectivity index (χ1v) is 9.82. The van der Waals surface area contributed by atoms with Crippen molar-refractivity contribution in [2.24, 2.45) is 11.7 Å². The van der Waals surface area contributed by atoms with Crippen molar-refractivity contribution in [3.63, 3.8) is 0 Å². The summed E-state index contributed by atoms with van der Waals surface area (Å²) in [7, 11) is 0. The number of hydrogen-bond acceptors (Lipinski definition) is 6. The van der Waals surface area contributed by atoms with Crippen LogP contribution in [0.4, 0.5) is 4.79 Å². The van der Waals surface area contributed by atoms with Crippen LogP contribution in [-0.4, -0.2) is 71.6 Å². The van der Waals surface area contributed by atoms with E-state index in [1.54, 1.807) is 20.8 Å². The maximum atomic E-state index is 12.4. The molecule has 2 aliphatic rings. The molecule has 0 aliphatic carbocycles. The van der Waals surface area contributed by atoms with E-state index < -0.39 is 48.0 Å². The van der Waals surface area contributed by atoms with Crippen LogP contribution in [0.5, 0.6) is 0 Å². The summed E-state index contributed by atoms with van der Waals surface area (Å²) in [6, 6.07) is -0.641. The number of esters is 1. The maximum Gasteiger partial charge on any atom is 0.410 e. The van der Waals surface area contributed by atoms with E-state index in [2.05, 4.69) is 0 Å². The van der Waals surface area contributed by atoms with Gasteiger partial charge in [0, 0.05) is 19.6 Å². The number of carbonyl (C=O) groups is 4. The summed E-state index contributed by atoms with van der Waals surface area (Å²) in [6.07, 6.45) is 2.93. The molecular weight excluding hydrogens is 366 g/mol. The second-order valence-corrected chi connectivity index (χ2v) is 8.37. The Morgan fingerprint density at radius 2 is 1.75 bits per heavy atom. The lowest BCUT2D eigenvalue weighted by Crippen LogP contribution is -2.52. The van der Waals surface area contributed by atoms with Gasteiger partial charge in [-0.25, -0.2) is 4.79 Å². The minimum atomic E-state index is -0.641. The van der Waals surface area contributed by atoms with Gasteiger partial charge in [-0.05, 0) is 52.9 Å². The van der Waals surface area contributed by atoms with Gasteiger partial charge in [0.15, 0.2) is 6.61 Å². The first-order valence-electron chi connectivity index (χ1n) is 9.82. The molecule has 0 aromatic heterocycles. The average molecular weight is 397 g/mol. The van der Waals surface area contributed by atoms with Gasteiger partial charge >= 0.3 is 12.1 Å². The van der Waals surface area contributed by atoms with Crippen LogP contribution in [0.25, 0.3) is 0 Å². The first kappa shape index (κ1) is 22.0. The van der Waals surface area contributed by atoms with Crippen LogP contribution in [-0.2, 0) is 23.9 Å². The molecule has 2 fully saturated rings. The Bertz CT molecular complexity index is 615. The number of nitrogens with zero attached hydrogens (tertiary/aromatic N) is 2. The van der Waals surface area contributed by atoms with E-state index in [0.717, 1.165) is 12.8 Å². The zero-order valence-electron chi connectivity index (χ0n) is 16.9. The fraction of sp³-hybridized carbons (Fsp3) is 0.789. The van der Waals surface area contributed by atoms with Crippen LogP contribution in [0.15, 0.2) is 0 Å². The van der Waals surface area contributed by atoms with Crippen LogP contribution in [0.2, 0.25) is 0 Å². The minimum absolute atomic E-state index is 0.204. The lowest BCUT2D eigenvalue weighted by atomic mass is 9.98. The Balaban J connectivity index is 1.85. The standard InChI is InChI=1S/C19H31N3O6/c1-19(2,3)28-18(26)21-9-6-7-13(11-21)17(25)27-12-15(23)22-10-5-4-8-14(22)16(20)24/h13-14H,4-12H2,1-3H3,(H2,20,24). The highest BCUT2D eigenvalue weighted by Crippen LogP contribution is 2.21. The third kappa shape index (κ3) is 6.10. The van der Waals surface area contributed by atoms with Crippen LogP contribution in [0.1, 0.15) is 52.9 Å². The van der Waals surface area contributed by atoms with Gasteiger partial charge in [0.2, 0.25) is 5.91 Å². The fourth-order valence-electron chi connectivity index (χ4n) is 3.52. The number of piperidine rings is 2. The molecule has 0 aromatic rings. The van der Waals surface area contributed by atoms with Crippen molar-refractivity contribution in [2.45, 2.75) is 64.5 Å². The predicted molar refractivity (Wildman–Crippen MR) is 100 cm³/mol. The van der Waals surface area contributed by atoms with Gasteiger partial charge in [-0.15, -0.1) is 0 Å². The third-order valence-electron chi connectivity index (χ3n) is 4.90. The molecular formula is C19H31N3O6. The molecule has 158 valence electrons. The van der Waals surface area contributed by atoms with Crippen LogP contribution in [0.3, 0.4) is 0 Å². The highest BCUT2D eigenvalue weighted by atomic mass is 16.6. The topological polar surface area (TPSA) is 119 Å². The van der Waals surface area contributed by atoms with Crippen molar-refractivity contribution in [2.75, 3.05) is 26.2 Å². The summed E-state index contributed by atoms with van der Waals surface area (Å²) in [4.78, 5) is 51.4. The normalized spacial score (nSPS) is 23.1. The third-order valence-corrected chi connectivity index (χ3v) is 4.90. The number of hydrogen-bond donors (Lipinski definition) is 1. The molecule has 2 heterocycles. The van der Waals surface area contributed by atoms with Crippen LogP contribution >= 0.6 is 0 Å². The predicted octanol–water partition coefficient (Wildman–Crippen LogP) is 1.04. The lowest BCUT2D eigenvalue weighted by Gasteiger charge is -2.34. The number of ether oxygens (including phenoxy) is 2. The van der Waals surface area contributed by atoms with Crippen molar-refractivity contribution >= 4 is 23.9 Å². The van der Waals surface area contributed by atoms with Crippen LogP contribution in [0, 0.1) is 5.92 Å². The molecule has 0 radical (unpaired) electrons. The van der Waals surface area contributed by atoms with Crippen molar-refractivity contribution < 1.29 is 28.7 Å². The summed E-state index contributed by atoms with van der Waals surface area (Å²) < 4.78 is 10.5. The number of nitrogens with two attached hydrogens (primary N) is 1. The van der Waals surface area contributed by atoms with E-state index in [1.807, 2.05) is 0 Å². The van der Waals surface area contributed by atoms with E-state index in [9.17, 15) is 19.2 Å². The molecule has 0 bridgehead atoms. The van der Waals surface area contributed by atoms with E-state index in [-0.39, 0.29) is 6.54 Å². The Kier molecular flexibility index (Phi) is 7.26. The van der Waals surface area contributed by atoms with Gasteiger partial charge in [-0.3, -0.25) is 14.4 Å². The summed E-state index contributed by atoms with van der Waals surface area (Å²) in [6.45, 7) is 6.08. The molecule has 0 spiro atoms. The highest BCUT2D eigenvalue weighted by molar-refractivity contribution is 5.88. The van der Waals surface area contributed by atoms with Crippen molar-refractivity contribution in [3.05, 3.63) is 0 Å². The zero-order chi connectivity index (χ0) is 20.9. The summed E-state index contributed by atoms with van der Waals surface area (Å²) in [5.41, 5.74) is 4.76. The van der Waals surface area contributed by atoms with E-state index in [0.29, 0.717) is 32.4 Å². The van der Waals surface area contributed by atoms with E-state index >= 15 is 0 Å². The van der Waals surface area contributed by atoms with Gasteiger partial charge in [-0.2, -0.15) is 0 Å². The number of carbonyl (C=O) groups excluding carboxylic acids is 4. The molecule has 3 amide bonds. The van der Waals surface area contributed by atoms with Gasteiger partial charge in [0.05, 0.1) is 5.92 Å². The van der Waals surface area contributed by atoms with Crippen molar-refractivity contribution in [1.82, 2.24) is 9.80 Å². The van der Waals surface area contributed by atoms with E-state index in [4.69, 9.17) is 15.2 Å². The highest BCUT2D eigenvalue weighted by Gasteiger charge is 2.34. The van der Waals surface area contributed by atoms with E-state index in [1.165, 1.54) is 9.80 Å². The lowest BCUT2D eigenvalue weighted by molar-refractivity contribution is -0.158. The first-order chi connectivity index (χ1) is 13.1. The molecule has 9 heteroatoms. The Morgan fingerprint density at radius 1 is 1.04 bits per heavy atom. The summed E-state index contributed by atoms with van der Waals surface area (Å²) in [5, 5.41) is 0. The molecule has 0 saturated carbocycles. The second-order valence-electron chi connectivity index (χ2n) is 8.37. The largest absolute Gasteiger partial charge is 0.455 e. The SMILES string of the molecule is CC(C)(C)OC(=O)N1CCCC(C(=O)OCC(=O)N2CCCCC2C(N)=O)C1. The van der Waals surface area contributed by atoms with Crippen LogP contribution < -0.4 is 5.73 Å². The second kappa shape index (κ2) is 9.25. The molecule has 0 aromatic carbocycles. The van der Waals surface area contributed by atoms with Gasteiger partial charge < -0.3 is 25.0 Å². The molecule has 2 rings (SSSR count). The molecule has 9 nitrogen and oxygen atoms in total. The molecule has 2 N–H and O–H groups in total. The Labute approximate surface area is 165 Å². The monoisotopic (exact) mass is 397 g/mol. The Morgan fingerprint density at radius 3 is 2.39 bits per heavy atom. The van der Waals surface area contributed by atoms with Gasteiger partial charge in [-0.1, -0.05) is 0 Å². The quantitative estimate of drug-likeness (QED) is 0.708. The zero-order valence-corrected chi connectivity index (χ0v) is 16.9. The fourth-order valence-corrected chi connectivity index (χ4v) is 3.52. The molecule has 2 atom stereocenters. The average Bonchev–Trinajstić information content (AvgIpc) is 2.64. The Hall–Kier alpha value is -2.32. The van der Waals surface area contributed by atoms with Gasteiger partial charge in [0.25, 0.3) is 5.91 Å². The number of rotatable bonds is 4. The van der Waals surface area contributed by atoms with Gasteiger partial charge in [0.1, 0.15) is 11.6 Å². The number of amides is 3. The number of primary amides is 1.